The Morgan fingerprint density at radius 1 is 1.39 bits per heavy atom. The van der Waals surface area contributed by atoms with Crippen LogP contribution in [0.2, 0.25) is 0 Å². The number of rotatable bonds is 6. The topological polar surface area (TPSA) is 45.0 Å². The zero-order valence-electron chi connectivity index (χ0n) is 10.9. The van der Waals surface area contributed by atoms with Gasteiger partial charge in [-0.15, -0.1) is 0 Å². The maximum Gasteiger partial charge on any atom is 0.119 e. The van der Waals surface area contributed by atoms with Crippen molar-refractivity contribution in [3.8, 4) is 11.8 Å². The molecule has 3 heteroatoms. The molecule has 18 heavy (non-hydrogen) atoms. The molecular weight excluding hydrogens is 224 g/mol. The van der Waals surface area contributed by atoms with Crippen LogP contribution in [0.15, 0.2) is 18.2 Å². The van der Waals surface area contributed by atoms with Gasteiger partial charge in [-0.25, -0.2) is 0 Å². The summed E-state index contributed by atoms with van der Waals surface area (Å²) in [4.78, 5) is 0. The van der Waals surface area contributed by atoms with Crippen molar-refractivity contribution >= 4 is 0 Å². The molecular formula is C15H20N2O. The molecule has 0 radical (unpaired) electrons. The molecule has 1 unspecified atom stereocenters. The maximum atomic E-state index is 8.91. The smallest absolute Gasteiger partial charge is 0.119 e. The summed E-state index contributed by atoms with van der Waals surface area (Å²) < 4.78 is 5.72. The summed E-state index contributed by atoms with van der Waals surface area (Å²) in [6.07, 6.45) is 4.36. The van der Waals surface area contributed by atoms with Crippen LogP contribution in [0.25, 0.3) is 0 Å². The Morgan fingerprint density at radius 2 is 2.22 bits per heavy atom. The lowest BCUT2D eigenvalue weighted by Gasteiger charge is -2.11. The van der Waals surface area contributed by atoms with Crippen LogP contribution in [-0.2, 0) is 12.8 Å². The van der Waals surface area contributed by atoms with E-state index in [9.17, 15) is 0 Å². The number of nitriles is 1. The number of nitrogens with one attached hydrogen (secondary N) is 1. The molecule has 2 rings (SSSR count). The van der Waals surface area contributed by atoms with Crippen LogP contribution in [-0.4, -0.2) is 19.2 Å². The van der Waals surface area contributed by atoms with Crippen molar-refractivity contribution in [3.63, 3.8) is 0 Å². The van der Waals surface area contributed by atoms with Crippen molar-refractivity contribution in [2.24, 2.45) is 0 Å². The van der Waals surface area contributed by atoms with E-state index < -0.39 is 0 Å². The van der Waals surface area contributed by atoms with Crippen LogP contribution in [0.5, 0.6) is 5.75 Å². The average molecular weight is 244 g/mol. The normalized spacial score (nSPS) is 14.9. The molecule has 96 valence electrons. The minimum atomic E-state index is -0.107. The quantitative estimate of drug-likeness (QED) is 0.836. The largest absolute Gasteiger partial charge is 0.493 e. The lowest BCUT2D eigenvalue weighted by atomic mass is 10.1. The van der Waals surface area contributed by atoms with Crippen LogP contribution in [0.1, 0.15) is 30.9 Å². The van der Waals surface area contributed by atoms with Gasteiger partial charge in [0.1, 0.15) is 5.75 Å². The fourth-order valence-corrected chi connectivity index (χ4v) is 2.39. The SMILES string of the molecule is CCNC(C#N)CCOc1ccc2c(c1)CCC2. The monoisotopic (exact) mass is 244 g/mol. The Hall–Kier alpha value is -1.53. The Morgan fingerprint density at radius 3 is 3.00 bits per heavy atom. The van der Waals surface area contributed by atoms with Crippen LogP contribution >= 0.6 is 0 Å². The van der Waals surface area contributed by atoms with Gasteiger partial charge in [0.15, 0.2) is 0 Å². The van der Waals surface area contributed by atoms with Gasteiger partial charge in [-0.05, 0) is 49.1 Å². The van der Waals surface area contributed by atoms with E-state index in [4.69, 9.17) is 10.00 Å². The first kappa shape index (κ1) is 12.9. The Balaban J connectivity index is 1.82. The minimum Gasteiger partial charge on any atom is -0.493 e. The summed E-state index contributed by atoms with van der Waals surface area (Å²) >= 11 is 0. The van der Waals surface area contributed by atoms with Gasteiger partial charge in [-0.2, -0.15) is 5.26 Å². The van der Waals surface area contributed by atoms with E-state index in [1.165, 1.54) is 30.4 Å². The van der Waals surface area contributed by atoms with Gasteiger partial charge in [0, 0.05) is 6.42 Å². The molecule has 1 aliphatic carbocycles. The third-order valence-corrected chi connectivity index (χ3v) is 3.35. The Bertz CT molecular complexity index is 437. The third-order valence-electron chi connectivity index (χ3n) is 3.35. The van der Waals surface area contributed by atoms with E-state index in [1.807, 2.05) is 13.0 Å². The molecule has 1 aromatic rings. The second kappa shape index (κ2) is 6.42. The predicted octanol–water partition coefficient (Wildman–Crippen LogP) is 2.45. The third kappa shape index (κ3) is 3.24. The van der Waals surface area contributed by atoms with E-state index in [0.29, 0.717) is 6.61 Å². The molecule has 0 bridgehead atoms. The minimum absolute atomic E-state index is 0.107. The number of hydrogen-bond donors (Lipinski definition) is 1. The van der Waals surface area contributed by atoms with Crippen molar-refractivity contribution in [2.45, 2.75) is 38.6 Å². The number of fused-ring (bicyclic) bond motifs is 1. The Labute approximate surface area is 109 Å². The molecule has 1 aliphatic rings. The highest BCUT2D eigenvalue weighted by Crippen LogP contribution is 2.26. The molecule has 0 fully saturated rings. The van der Waals surface area contributed by atoms with Gasteiger partial charge in [0.2, 0.25) is 0 Å². The first-order valence-electron chi connectivity index (χ1n) is 6.71. The summed E-state index contributed by atoms with van der Waals surface area (Å²) in [7, 11) is 0. The molecule has 0 spiro atoms. The number of nitrogens with zero attached hydrogens (tertiary/aromatic N) is 1. The predicted molar refractivity (Wildman–Crippen MR) is 71.7 cm³/mol. The zero-order chi connectivity index (χ0) is 12.8. The van der Waals surface area contributed by atoms with Crippen molar-refractivity contribution in [2.75, 3.05) is 13.2 Å². The molecule has 1 atom stereocenters. The van der Waals surface area contributed by atoms with Gasteiger partial charge >= 0.3 is 0 Å². The van der Waals surface area contributed by atoms with Crippen LogP contribution in [0, 0.1) is 11.3 Å². The molecule has 0 amide bonds. The molecule has 1 aromatic carbocycles. The number of aryl methyl sites for hydroxylation is 2. The number of hydrogen-bond acceptors (Lipinski definition) is 3. The van der Waals surface area contributed by atoms with Crippen LogP contribution in [0.3, 0.4) is 0 Å². The van der Waals surface area contributed by atoms with E-state index in [-0.39, 0.29) is 6.04 Å². The van der Waals surface area contributed by atoms with Crippen molar-refractivity contribution in [1.29, 1.82) is 5.26 Å². The summed E-state index contributed by atoms with van der Waals surface area (Å²) in [5.41, 5.74) is 2.89. The molecule has 0 saturated carbocycles. The highest BCUT2D eigenvalue weighted by Gasteiger charge is 2.11. The van der Waals surface area contributed by atoms with Gasteiger partial charge in [-0.3, -0.25) is 0 Å². The number of benzene rings is 1. The number of ether oxygens (including phenoxy) is 1. The van der Waals surface area contributed by atoms with Gasteiger partial charge < -0.3 is 10.1 Å². The molecule has 0 aromatic heterocycles. The lowest BCUT2D eigenvalue weighted by molar-refractivity contribution is 0.298. The molecule has 0 heterocycles. The van der Waals surface area contributed by atoms with Crippen molar-refractivity contribution < 1.29 is 4.74 Å². The van der Waals surface area contributed by atoms with Crippen LogP contribution in [0.4, 0.5) is 0 Å². The molecule has 0 aliphatic heterocycles. The summed E-state index contributed by atoms with van der Waals surface area (Å²) in [5.74, 6) is 0.934. The van der Waals surface area contributed by atoms with E-state index >= 15 is 0 Å². The maximum absolute atomic E-state index is 8.91. The summed E-state index contributed by atoms with van der Waals surface area (Å²) in [6, 6.07) is 8.49. The zero-order valence-corrected chi connectivity index (χ0v) is 10.9. The van der Waals surface area contributed by atoms with E-state index in [2.05, 4.69) is 23.5 Å². The first-order valence-corrected chi connectivity index (χ1v) is 6.71. The van der Waals surface area contributed by atoms with E-state index in [0.717, 1.165) is 18.7 Å². The second-order valence-electron chi connectivity index (χ2n) is 4.66. The van der Waals surface area contributed by atoms with Crippen LogP contribution < -0.4 is 10.1 Å². The fraction of sp³-hybridized carbons (Fsp3) is 0.533. The molecule has 0 saturated heterocycles. The van der Waals surface area contributed by atoms with Gasteiger partial charge in [0.25, 0.3) is 0 Å². The van der Waals surface area contributed by atoms with Crippen molar-refractivity contribution in [3.05, 3.63) is 29.3 Å². The summed E-state index contributed by atoms with van der Waals surface area (Å²) in [5, 5.41) is 12.0. The summed E-state index contributed by atoms with van der Waals surface area (Å²) in [6.45, 7) is 3.41. The van der Waals surface area contributed by atoms with Crippen molar-refractivity contribution in [1.82, 2.24) is 5.32 Å². The van der Waals surface area contributed by atoms with Gasteiger partial charge in [-0.1, -0.05) is 13.0 Å². The standard InChI is InChI=1S/C15H20N2O/c1-2-17-14(11-16)8-9-18-15-7-6-12-4-3-5-13(12)10-15/h6-7,10,14,17H,2-5,8-9H2,1H3. The average Bonchev–Trinajstić information content (AvgIpc) is 2.85. The van der Waals surface area contributed by atoms with E-state index in [1.54, 1.807) is 0 Å². The fourth-order valence-electron chi connectivity index (χ4n) is 2.39. The second-order valence-corrected chi connectivity index (χ2v) is 4.66. The first-order chi connectivity index (χ1) is 8.83. The van der Waals surface area contributed by atoms with Gasteiger partial charge in [0.05, 0.1) is 18.7 Å². The lowest BCUT2D eigenvalue weighted by Crippen LogP contribution is -2.28. The highest BCUT2D eigenvalue weighted by atomic mass is 16.5. The molecule has 1 N–H and O–H groups in total. The molecule has 3 nitrogen and oxygen atoms in total. The highest BCUT2D eigenvalue weighted by molar-refractivity contribution is 5.38. The Kier molecular flexibility index (Phi) is 4.60.